The van der Waals surface area contributed by atoms with Crippen molar-refractivity contribution in [1.29, 1.82) is 0 Å². The van der Waals surface area contributed by atoms with Crippen molar-refractivity contribution in [1.82, 2.24) is 4.57 Å². The predicted molar refractivity (Wildman–Crippen MR) is 170 cm³/mol. The highest BCUT2D eigenvalue weighted by Crippen LogP contribution is 2.56. The Kier molecular flexibility index (Phi) is 7.76. The monoisotopic (exact) mass is 586 g/mol. The van der Waals surface area contributed by atoms with Crippen LogP contribution in [0.25, 0.3) is 0 Å². The van der Waals surface area contributed by atoms with Crippen LogP contribution in [0.1, 0.15) is 92.7 Å². The molecule has 2 aromatic carbocycles. The average molecular weight is 587 g/mol. The number of aromatic nitrogens is 1. The number of anilines is 1. The molecular weight excluding hydrogens is 544 g/mol. The first kappa shape index (κ1) is 29.0. The second-order valence-corrected chi connectivity index (χ2v) is 14.0. The number of carbonyl (C=O) groups is 1. The maximum atomic E-state index is 13.0. The van der Waals surface area contributed by atoms with Gasteiger partial charge in [-0.3, -0.25) is 4.79 Å². The highest BCUT2D eigenvalue weighted by Gasteiger charge is 2.54. The van der Waals surface area contributed by atoms with Crippen molar-refractivity contribution in [3.05, 3.63) is 97.9 Å². The summed E-state index contributed by atoms with van der Waals surface area (Å²) in [4.78, 5) is 25.8. The van der Waals surface area contributed by atoms with E-state index in [1.54, 1.807) is 0 Å². The van der Waals surface area contributed by atoms with E-state index in [9.17, 15) is 14.7 Å². The molecule has 3 atom stereocenters. The van der Waals surface area contributed by atoms with Gasteiger partial charge in [0.1, 0.15) is 5.54 Å². The number of benzene rings is 2. The zero-order chi connectivity index (χ0) is 29.6. The van der Waals surface area contributed by atoms with Gasteiger partial charge in [0.15, 0.2) is 5.43 Å². The molecule has 1 saturated carbocycles. The summed E-state index contributed by atoms with van der Waals surface area (Å²) in [5, 5.41) is 14.4. The van der Waals surface area contributed by atoms with E-state index >= 15 is 0 Å². The number of halogens is 1. The van der Waals surface area contributed by atoms with E-state index in [2.05, 4.69) is 54.2 Å². The topological polar surface area (TPSA) is 71.3 Å². The largest absolute Gasteiger partial charge is 0.480 e. The van der Waals surface area contributed by atoms with Crippen molar-refractivity contribution < 1.29 is 9.90 Å². The van der Waals surface area contributed by atoms with Gasteiger partial charge in [-0.25, -0.2) is 4.79 Å². The molecule has 1 heterocycles. The Morgan fingerprint density at radius 1 is 1.14 bits per heavy atom. The van der Waals surface area contributed by atoms with Crippen LogP contribution < -0.4 is 10.7 Å². The summed E-state index contributed by atoms with van der Waals surface area (Å²) in [7, 11) is 0. The zero-order valence-electron chi connectivity index (χ0n) is 25.1. The molecule has 1 aromatic heterocycles. The first-order valence-corrected chi connectivity index (χ1v) is 16.1. The minimum Gasteiger partial charge on any atom is -0.480 e. The number of hydrogen-bond acceptors (Lipinski definition) is 3. The number of nitrogens with one attached hydrogen (secondary N) is 1. The Hall–Kier alpha value is -3.05. The van der Waals surface area contributed by atoms with Crippen LogP contribution in [-0.4, -0.2) is 21.2 Å². The molecule has 3 aliphatic rings. The Labute approximate surface area is 254 Å². The van der Waals surface area contributed by atoms with Gasteiger partial charge in [0.25, 0.3) is 0 Å². The summed E-state index contributed by atoms with van der Waals surface area (Å²) >= 11 is 6.23. The normalized spacial score (nSPS) is 27.3. The number of aliphatic carboxylic acids is 1. The fourth-order valence-corrected chi connectivity index (χ4v) is 8.83. The van der Waals surface area contributed by atoms with Crippen LogP contribution in [0.5, 0.6) is 0 Å². The van der Waals surface area contributed by atoms with Gasteiger partial charge in [0.05, 0.1) is 0 Å². The van der Waals surface area contributed by atoms with Crippen molar-refractivity contribution >= 4 is 23.3 Å². The molecule has 6 heteroatoms. The van der Waals surface area contributed by atoms with Crippen LogP contribution in [0.2, 0.25) is 5.02 Å². The molecule has 5 nitrogen and oxygen atoms in total. The van der Waals surface area contributed by atoms with E-state index in [0.717, 1.165) is 68.3 Å². The summed E-state index contributed by atoms with van der Waals surface area (Å²) in [6.45, 7) is 7.43. The highest BCUT2D eigenvalue weighted by molar-refractivity contribution is 6.30. The predicted octanol–water partition coefficient (Wildman–Crippen LogP) is 7.90. The first-order valence-electron chi connectivity index (χ1n) is 15.7. The zero-order valence-corrected chi connectivity index (χ0v) is 25.8. The lowest BCUT2D eigenvalue weighted by atomic mass is 9.59. The molecule has 2 unspecified atom stereocenters. The van der Waals surface area contributed by atoms with E-state index < -0.39 is 11.5 Å². The molecule has 0 aliphatic heterocycles. The maximum Gasteiger partial charge on any atom is 0.329 e. The third-order valence-corrected chi connectivity index (χ3v) is 11.0. The molecule has 42 heavy (non-hydrogen) atoms. The summed E-state index contributed by atoms with van der Waals surface area (Å²) in [6.07, 6.45) is 10.2. The fourth-order valence-electron chi connectivity index (χ4n) is 8.64. The summed E-state index contributed by atoms with van der Waals surface area (Å²) in [5.41, 5.74) is 5.96. The van der Waals surface area contributed by atoms with Crippen LogP contribution in [0.4, 0.5) is 5.69 Å². The van der Waals surface area contributed by atoms with Crippen molar-refractivity contribution in [3.8, 4) is 0 Å². The van der Waals surface area contributed by atoms with Gasteiger partial charge in [-0.1, -0.05) is 55.8 Å². The molecular formula is C36H43ClN2O3. The average Bonchev–Trinajstić information content (AvgIpc) is 3.25. The molecule has 0 bridgehead atoms. The standard InChI is InChI=1S/C36H43ClN2O3/c1-23(21-39-22-25(3)33(40)32-24(2)8-6-13-31(32)39)18-27-19-26-9-4-5-12-30(26)35(27)14-16-36(17-15-35,34(41)42)38-29-11-7-10-28(37)20-29/h4-5,7,9-12,20,22-24,27,38H,6,8,13-19,21H2,1-3H3,(H,41,42)/t23-,24?,27?,35?,36?/m1/s1. The second kappa shape index (κ2) is 11.2. The number of fused-ring (bicyclic) bond motifs is 3. The Balaban J connectivity index is 1.26. The smallest absolute Gasteiger partial charge is 0.329 e. The van der Waals surface area contributed by atoms with E-state index in [0.29, 0.717) is 35.6 Å². The van der Waals surface area contributed by atoms with Gasteiger partial charge < -0.3 is 15.0 Å². The van der Waals surface area contributed by atoms with Crippen LogP contribution in [0.3, 0.4) is 0 Å². The molecule has 1 fully saturated rings. The molecule has 222 valence electrons. The Morgan fingerprint density at radius 2 is 1.90 bits per heavy atom. The van der Waals surface area contributed by atoms with E-state index in [1.807, 2.05) is 31.2 Å². The lowest BCUT2D eigenvalue weighted by molar-refractivity contribution is -0.144. The lowest BCUT2D eigenvalue weighted by Crippen LogP contribution is -2.53. The summed E-state index contributed by atoms with van der Waals surface area (Å²) in [6, 6.07) is 16.2. The molecule has 1 spiro atoms. The van der Waals surface area contributed by atoms with Gasteiger partial charge in [-0.15, -0.1) is 0 Å². The number of carboxylic acid groups (broad SMARTS) is 1. The molecule has 6 rings (SSSR count). The maximum absolute atomic E-state index is 13.0. The van der Waals surface area contributed by atoms with Gasteiger partial charge in [-0.05, 0) is 117 Å². The van der Waals surface area contributed by atoms with Gasteiger partial charge >= 0.3 is 5.97 Å². The fraction of sp³-hybridized carbons (Fsp3) is 0.500. The minimum atomic E-state index is -1.01. The van der Waals surface area contributed by atoms with E-state index in [4.69, 9.17) is 11.6 Å². The lowest BCUT2D eigenvalue weighted by Gasteiger charge is -2.47. The number of nitrogens with zero attached hydrogens (tertiary/aromatic N) is 1. The highest BCUT2D eigenvalue weighted by atomic mass is 35.5. The molecule has 0 radical (unpaired) electrons. The van der Waals surface area contributed by atoms with Gasteiger partial charge in [0, 0.05) is 40.3 Å². The quantitative estimate of drug-likeness (QED) is 0.295. The first-order chi connectivity index (χ1) is 20.1. The summed E-state index contributed by atoms with van der Waals surface area (Å²) < 4.78 is 2.40. The molecule has 2 N–H and O–H groups in total. The van der Waals surface area contributed by atoms with Crippen molar-refractivity contribution in [2.24, 2.45) is 11.8 Å². The minimum absolute atomic E-state index is 0.0206. The Morgan fingerprint density at radius 3 is 2.64 bits per heavy atom. The third kappa shape index (κ3) is 5.08. The Bertz CT molecular complexity index is 1550. The molecule has 0 amide bonds. The molecule has 3 aliphatic carbocycles. The van der Waals surface area contributed by atoms with Crippen molar-refractivity contribution in [2.75, 3.05) is 5.32 Å². The SMILES string of the molecule is Cc1cn(C[C@H](C)CC2Cc3ccccc3C23CCC(Nc2cccc(Cl)c2)(C(=O)O)CC3)c2c(c1=O)C(C)CCC2. The van der Waals surface area contributed by atoms with Crippen LogP contribution in [-0.2, 0) is 29.6 Å². The van der Waals surface area contributed by atoms with E-state index in [1.165, 1.54) is 16.8 Å². The van der Waals surface area contributed by atoms with Crippen molar-refractivity contribution in [3.63, 3.8) is 0 Å². The number of carboxylic acids is 1. The van der Waals surface area contributed by atoms with E-state index in [-0.39, 0.29) is 10.8 Å². The number of aryl methyl sites for hydroxylation is 1. The van der Waals surface area contributed by atoms with Crippen molar-refractivity contribution in [2.45, 2.75) is 102 Å². The van der Waals surface area contributed by atoms with Crippen LogP contribution in [0.15, 0.2) is 59.5 Å². The number of pyridine rings is 1. The van der Waals surface area contributed by atoms with Gasteiger partial charge in [0.2, 0.25) is 0 Å². The number of hydrogen-bond donors (Lipinski definition) is 2. The number of rotatable bonds is 7. The van der Waals surface area contributed by atoms with Gasteiger partial charge in [-0.2, -0.15) is 0 Å². The summed E-state index contributed by atoms with van der Waals surface area (Å²) in [5.74, 6) is 0.423. The molecule has 0 saturated heterocycles. The second-order valence-electron chi connectivity index (χ2n) is 13.5. The molecule has 3 aromatic rings. The third-order valence-electron chi connectivity index (χ3n) is 10.8. The van der Waals surface area contributed by atoms with Crippen LogP contribution >= 0.6 is 11.6 Å². The van der Waals surface area contributed by atoms with Crippen LogP contribution in [0, 0.1) is 18.8 Å².